The number of rotatable bonds is 4. The monoisotopic (exact) mass is 336 g/mol. The molecule has 3 aromatic rings. The summed E-state index contributed by atoms with van der Waals surface area (Å²) in [5.74, 6) is 1.01. The number of nitrogens with zero attached hydrogens (tertiary/aromatic N) is 3. The van der Waals surface area contributed by atoms with E-state index in [9.17, 15) is 0 Å². The van der Waals surface area contributed by atoms with Crippen LogP contribution in [0, 0.1) is 0 Å². The van der Waals surface area contributed by atoms with Gasteiger partial charge in [0.1, 0.15) is 15.8 Å². The van der Waals surface area contributed by atoms with Crippen LogP contribution < -0.4 is 5.32 Å². The van der Waals surface area contributed by atoms with Gasteiger partial charge in [0.05, 0.1) is 11.4 Å². The van der Waals surface area contributed by atoms with Gasteiger partial charge in [0.2, 0.25) is 0 Å². The van der Waals surface area contributed by atoms with Crippen LogP contribution in [0.25, 0.3) is 23.5 Å². The van der Waals surface area contributed by atoms with Crippen LogP contribution in [-0.4, -0.2) is 21.1 Å². The first kappa shape index (κ1) is 15.1. The van der Waals surface area contributed by atoms with Crippen molar-refractivity contribution in [2.24, 2.45) is 0 Å². The summed E-state index contributed by atoms with van der Waals surface area (Å²) in [6.07, 6.45) is 8.48. The SMILES string of the molecule is CCn1cc(C=Cc2nc3c(s2)NCCC3)nc1-c1ccccc1. The van der Waals surface area contributed by atoms with Crippen molar-refractivity contribution in [3.05, 3.63) is 52.9 Å². The van der Waals surface area contributed by atoms with Gasteiger partial charge in [-0.1, -0.05) is 41.7 Å². The molecular formula is C19H20N4S. The fraction of sp³-hybridized carbons (Fsp3) is 0.263. The molecular weight excluding hydrogens is 316 g/mol. The number of aryl methyl sites for hydroxylation is 2. The Morgan fingerprint density at radius 1 is 1.21 bits per heavy atom. The predicted molar refractivity (Wildman–Crippen MR) is 101 cm³/mol. The van der Waals surface area contributed by atoms with E-state index in [2.05, 4.69) is 47.3 Å². The molecule has 0 bridgehead atoms. The fourth-order valence-corrected chi connectivity index (χ4v) is 3.88. The zero-order valence-corrected chi connectivity index (χ0v) is 14.5. The van der Waals surface area contributed by atoms with Crippen molar-refractivity contribution < 1.29 is 0 Å². The van der Waals surface area contributed by atoms with Gasteiger partial charge in [0.25, 0.3) is 0 Å². The summed E-state index contributed by atoms with van der Waals surface area (Å²) < 4.78 is 2.18. The van der Waals surface area contributed by atoms with Crippen LogP contribution in [0.1, 0.15) is 29.7 Å². The molecule has 0 amide bonds. The molecule has 122 valence electrons. The molecule has 4 rings (SSSR count). The maximum absolute atomic E-state index is 4.79. The lowest BCUT2D eigenvalue weighted by Gasteiger charge is -2.10. The molecule has 1 N–H and O–H groups in total. The van der Waals surface area contributed by atoms with Crippen molar-refractivity contribution in [3.63, 3.8) is 0 Å². The first-order valence-electron chi connectivity index (χ1n) is 8.37. The minimum absolute atomic E-state index is 0.903. The second-order valence-electron chi connectivity index (χ2n) is 5.83. The van der Waals surface area contributed by atoms with E-state index >= 15 is 0 Å². The van der Waals surface area contributed by atoms with Crippen molar-refractivity contribution in [2.45, 2.75) is 26.3 Å². The molecule has 0 fully saturated rings. The Kier molecular flexibility index (Phi) is 4.17. The van der Waals surface area contributed by atoms with E-state index in [0.717, 1.165) is 41.6 Å². The van der Waals surface area contributed by atoms with Gasteiger partial charge in [-0.3, -0.25) is 0 Å². The molecule has 1 aliphatic rings. The molecule has 5 heteroatoms. The summed E-state index contributed by atoms with van der Waals surface area (Å²) >= 11 is 1.72. The smallest absolute Gasteiger partial charge is 0.140 e. The van der Waals surface area contributed by atoms with Gasteiger partial charge in [-0.2, -0.15) is 0 Å². The Morgan fingerprint density at radius 3 is 2.88 bits per heavy atom. The van der Waals surface area contributed by atoms with E-state index < -0.39 is 0 Å². The van der Waals surface area contributed by atoms with Crippen molar-refractivity contribution in [3.8, 4) is 11.4 Å². The number of imidazole rings is 1. The van der Waals surface area contributed by atoms with Gasteiger partial charge >= 0.3 is 0 Å². The fourth-order valence-electron chi connectivity index (χ4n) is 2.94. The third kappa shape index (κ3) is 2.99. The molecule has 0 unspecified atom stereocenters. The average Bonchev–Trinajstić information content (AvgIpc) is 3.24. The minimum Gasteiger partial charge on any atom is -0.375 e. The quantitative estimate of drug-likeness (QED) is 0.760. The number of hydrogen-bond donors (Lipinski definition) is 1. The van der Waals surface area contributed by atoms with E-state index in [1.165, 1.54) is 17.1 Å². The average molecular weight is 336 g/mol. The Hall–Kier alpha value is -2.40. The molecule has 1 aliphatic heterocycles. The third-order valence-electron chi connectivity index (χ3n) is 4.15. The lowest BCUT2D eigenvalue weighted by Crippen LogP contribution is -2.09. The number of anilines is 1. The molecule has 24 heavy (non-hydrogen) atoms. The molecule has 0 radical (unpaired) electrons. The van der Waals surface area contributed by atoms with Crippen LogP contribution >= 0.6 is 11.3 Å². The number of hydrogen-bond acceptors (Lipinski definition) is 4. The summed E-state index contributed by atoms with van der Waals surface area (Å²) in [6.45, 7) is 4.10. The summed E-state index contributed by atoms with van der Waals surface area (Å²) in [7, 11) is 0. The van der Waals surface area contributed by atoms with E-state index in [0.29, 0.717) is 0 Å². The number of thiazole rings is 1. The number of nitrogens with one attached hydrogen (secondary N) is 1. The molecule has 0 aliphatic carbocycles. The first-order chi connectivity index (χ1) is 11.8. The largest absolute Gasteiger partial charge is 0.375 e. The number of aromatic nitrogens is 3. The highest BCUT2D eigenvalue weighted by Gasteiger charge is 2.13. The lowest BCUT2D eigenvalue weighted by atomic mass is 10.2. The zero-order chi connectivity index (χ0) is 16.4. The van der Waals surface area contributed by atoms with Crippen LogP contribution in [-0.2, 0) is 13.0 Å². The highest BCUT2D eigenvalue weighted by atomic mass is 32.1. The van der Waals surface area contributed by atoms with Crippen LogP contribution in [0.15, 0.2) is 36.5 Å². The standard InChI is InChI=1S/C19H20N4S/c1-2-23-13-15(21-18(23)14-7-4-3-5-8-14)10-11-17-22-16-9-6-12-20-19(16)24-17/h3-5,7-8,10-11,13,20H,2,6,9,12H2,1H3. The lowest BCUT2D eigenvalue weighted by molar-refractivity contribution is 0.770. The molecule has 1 aromatic carbocycles. The van der Waals surface area contributed by atoms with Gasteiger partial charge in [-0.05, 0) is 31.9 Å². The molecule has 0 spiro atoms. The highest BCUT2D eigenvalue weighted by molar-refractivity contribution is 7.16. The maximum Gasteiger partial charge on any atom is 0.140 e. The third-order valence-corrected chi connectivity index (χ3v) is 5.17. The Bertz CT molecular complexity index is 837. The van der Waals surface area contributed by atoms with Crippen LogP contribution in [0.5, 0.6) is 0 Å². The van der Waals surface area contributed by atoms with Gasteiger partial charge in [0.15, 0.2) is 0 Å². The molecule has 4 nitrogen and oxygen atoms in total. The van der Waals surface area contributed by atoms with Gasteiger partial charge in [-0.15, -0.1) is 0 Å². The number of fused-ring (bicyclic) bond motifs is 1. The maximum atomic E-state index is 4.79. The van der Waals surface area contributed by atoms with Crippen molar-refractivity contribution in [1.29, 1.82) is 0 Å². The van der Waals surface area contributed by atoms with Crippen LogP contribution in [0.4, 0.5) is 5.00 Å². The minimum atomic E-state index is 0.903. The summed E-state index contributed by atoms with van der Waals surface area (Å²) in [6, 6.07) is 10.3. The van der Waals surface area contributed by atoms with Gasteiger partial charge in [0, 0.05) is 24.8 Å². The highest BCUT2D eigenvalue weighted by Crippen LogP contribution is 2.29. The Balaban J connectivity index is 1.60. The van der Waals surface area contributed by atoms with Gasteiger partial charge in [-0.25, -0.2) is 9.97 Å². The normalized spacial score (nSPS) is 13.9. The molecule has 3 heterocycles. The first-order valence-corrected chi connectivity index (χ1v) is 9.19. The summed E-state index contributed by atoms with van der Waals surface area (Å²) in [4.78, 5) is 9.49. The Labute approximate surface area is 145 Å². The Morgan fingerprint density at radius 2 is 2.08 bits per heavy atom. The van der Waals surface area contributed by atoms with E-state index in [1.54, 1.807) is 11.3 Å². The second kappa shape index (κ2) is 6.61. The summed E-state index contributed by atoms with van der Waals surface area (Å²) in [5, 5.41) is 5.70. The molecule has 2 aromatic heterocycles. The topological polar surface area (TPSA) is 42.7 Å². The van der Waals surface area contributed by atoms with E-state index in [1.807, 2.05) is 18.2 Å². The second-order valence-corrected chi connectivity index (χ2v) is 6.86. The van der Waals surface area contributed by atoms with E-state index in [4.69, 9.17) is 9.97 Å². The van der Waals surface area contributed by atoms with Gasteiger partial charge < -0.3 is 9.88 Å². The number of benzene rings is 1. The molecule has 0 saturated heterocycles. The molecule has 0 saturated carbocycles. The predicted octanol–water partition coefficient (Wildman–Crippen LogP) is 4.56. The van der Waals surface area contributed by atoms with Crippen LogP contribution in [0.2, 0.25) is 0 Å². The van der Waals surface area contributed by atoms with Crippen LogP contribution in [0.3, 0.4) is 0 Å². The van der Waals surface area contributed by atoms with E-state index in [-0.39, 0.29) is 0 Å². The van der Waals surface area contributed by atoms with Crippen molar-refractivity contribution in [2.75, 3.05) is 11.9 Å². The van der Waals surface area contributed by atoms with Crippen molar-refractivity contribution in [1.82, 2.24) is 14.5 Å². The van der Waals surface area contributed by atoms with Crippen molar-refractivity contribution >= 4 is 28.5 Å². The summed E-state index contributed by atoms with van der Waals surface area (Å²) in [5.41, 5.74) is 3.32. The molecule has 0 atom stereocenters. The zero-order valence-electron chi connectivity index (χ0n) is 13.7.